The topological polar surface area (TPSA) is 128 Å². The third kappa shape index (κ3) is 5.86. The van der Waals surface area contributed by atoms with Crippen LogP contribution in [0.15, 0.2) is 101 Å². The maximum Gasteiger partial charge on any atom is 0.356 e. The van der Waals surface area contributed by atoms with Gasteiger partial charge in [0.25, 0.3) is 11.6 Å². The molecule has 2 aliphatic heterocycles. The number of hydrogen-bond acceptors (Lipinski definition) is 9. The van der Waals surface area contributed by atoms with Crippen LogP contribution in [0.3, 0.4) is 0 Å². The van der Waals surface area contributed by atoms with Gasteiger partial charge in [-0.2, -0.15) is 0 Å². The first-order valence-corrected chi connectivity index (χ1v) is 14.6. The first kappa shape index (κ1) is 29.2. The third-order valence-corrected chi connectivity index (χ3v) is 9.31. The van der Waals surface area contributed by atoms with Crippen LogP contribution in [0.2, 0.25) is 0 Å². The van der Waals surface area contributed by atoms with Crippen LogP contribution in [0.1, 0.15) is 29.7 Å². The Morgan fingerprint density at radius 1 is 1.10 bits per heavy atom. The van der Waals surface area contributed by atoms with Gasteiger partial charge in [0.2, 0.25) is 4.45 Å². The van der Waals surface area contributed by atoms with E-state index < -0.39 is 38.7 Å². The smallest absolute Gasteiger partial charge is 0.356 e. The van der Waals surface area contributed by atoms with E-state index in [-0.39, 0.29) is 23.7 Å². The molecule has 1 saturated heterocycles. The zero-order valence-corrected chi connectivity index (χ0v) is 24.6. The summed E-state index contributed by atoms with van der Waals surface area (Å²) in [7, 11) is 0. The highest BCUT2D eigenvalue weighted by molar-refractivity contribution is 9.10. The lowest BCUT2D eigenvalue weighted by Gasteiger charge is -2.52. The number of nitro groups is 1. The van der Waals surface area contributed by atoms with E-state index in [0.29, 0.717) is 11.1 Å². The standard InChI is InChI=1S/C30H24BrN3O7S/c1-19(35)40-17-23-18-42-29-30(31,32-16-20-12-14-24(15-13-20)34(38)39)28(37)33(29)25(23)27(36)41-26(21-8-4-2-5-9-21)22-10-6-3-7-11-22/h2-16,26,29H,17-18H2,1H3/t29-,30?/m1/s1. The van der Waals surface area contributed by atoms with Crippen molar-refractivity contribution < 1.29 is 28.8 Å². The van der Waals surface area contributed by atoms with Gasteiger partial charge in [-0.05, 0) is 44.8 Å². The Bertz CT molecular complexity index is 1540. The molecule has 0 aromatic heterocycles. The second-order valence-electron chi connectivity index (χ2n) is 9.46. The van der Waals surface area contributed by atoms with Gasteiger partial charge in [0.15, 0.2) is 6.10 Å². The monoisotopic (exact) mass is 649 g/mol. The molecular weight excluding hydrogens is 626 g/mol. The number of hydrogen-bond donors (Lipinski definition) is 0. The van der Waals surface area contributed by atoms with Crippen molar-refractivity contribution in [2.45, 2.75) is 22.8 Å². The molecule has 3 aromatic rings. The zero-order valence-electron chi connectivity index (χ0n) is 22.2. The highest BCUT2D eigenvalue weighted by Crippen LogP contribution is 2.51. The van der Waals surface area contributed by atoms with Gasteiger partial charge in [-0.1, -0.05) is 60.7 Å². The Balaban J connectivity index is 1.45. The highest BCUT2D eigenvalue weighted by atomic mass is 79.9. The molecular formula is C30H24BrN3O7S. The molecule has 0 saturated carbocycles. The Hall–Kier alpha value is -4.29. The first-order valence-electron chi connectivity index (χ1n) is 12.8. The number of ether oxygens (including phenoxy) is 2. The van der Waals surface area contributed by atoms with E-state index >= 15 is 0 Å². The molecule has 214 valence electrons. The van der Waals surface area contributed by atoms with Crippen molar-refractivity contribution in [3.05, 3.63) is 123 Å². The van der Waals surface area contributed by atoms with Gasteiger partial charge in [-0.25, -0.2) is 4.79 Å². The van der Waals surface area contributed by atoms with Gasteiger partial charge < -0.3 is 9.47 Å². The lowest BCUT2D eigenvalue weighted by molar-refractivity contribution is -0.384. The molecule has 42 heavy (non-hydrogen) atoms. The molecule has 2 aliphatic rings. The molecule has 1 fully saturated rings. The highest BCUT2D eigenvalue weighted by Gasteiger charge is 2.64. The number of esters is 2. The van der Waals surface area contributed by atoms with Crippen LogP contribution in [-0.4, -0.2) is 56.1 Å². The van der Waals surface area contributed by atoms with E-state index in [1.807, 2.05) is 60.7 Å². The van der Waals surface area contributed by atoms with Crippen molar-refractivity contribution >= 4 is 57.4 Å². The summed E-state index contributed by atoms with van der Waals surface area (Å²) in [6.45, 7) is 1.09. The van der Waals surface area contributed by atoms with Crippen molar-refractivity contribution in [2.24, 2.45) is 4.99 Å². The van der Waals surface area contributed by atoms with E-state index in [2.05, 4.69) is 20.9 Å². The summed E-state index contributed by atoms with van der Waals surface area (Å²) in [5, 5.41) is 10.3. The predicted octanol–water partition coefficient (Wildman–Crippen LogP) is 5.17. The Morgan fingerprint density at radius 2 is 1.69 bits per heavy atom. The minimum atomic E-state index is -1.38. The minimum Gasteiger partial charge on any atom is -0.461 e. The largest absolute Gasteiger partial charge is 0.461 e. The lowest BCUT2D eigenvalue weighted by Crippen LogP contribution is -2.70. The number of halogens is 1. The summed E-state index contributed by atoms with van der Waals surface area (Å²) in [5.41, 5.74) is 2.45. The number of nitro benzene ring substituents is 1. The number of non-ortho nitro benzene ring substituents is 1. The van der Waals surface area contributed by atoms with E-state index in [9.17, 15) is 24.5 Å². The molecule has 5 rings (SSSR count). The number of aliphatic imine (C=N–C) groups is 1. The Kier molecular flexibility index (Phi) is 8.55. The summed E-state index contributed by atoms with van der Waals surface area (Å²) >= 11 is 4.83. The van der Waals surface area contributed by atoms with Crippen LogP contribution in [0.5, 0.6) is 0 Å². The molecule has 0 N–H and O–H groups in total. The molecule has 0 spiro atoms. The van der Waals surface area contributed by atoms with E-state index in [4.69, 9.17) is 9.47 Å². The van der Waals surface area contributed by atoms with Gasteiger partial charge in [-0.3, -0.25) is 29.6 Å². The van der Waals surface area contributed by atoms with Gasteiger partial charge in [0.05, 0.1) is 4.92 Å². The van der Waals surface area contributed by atoms with Crippen molar-refractivity contribution in [2.75, 3.05) is 12.4 Å². The number of benzene rings is 3. The number of rotatable bonds is 9. The molecule has 10 nitrogen and oxygen atoms in total. The Morgan fingerprint density at radius 3 is 2.24 bits per heavy atom. The summed E-state index contributed by atoms with van der Waals surface area (Å²) in [6, 6.07) is 24.3. The normalized spacial score (nSPS) is 19.8. The number of amides is 1. The molecule has 3 aromatic carbocycles. The van der Waals surface area contributed by atoms with Gasteiger partial charge in [0, 0.05) is 36.6 Å². The van der Waals surface area contributed by atoms with Crippen molar-refractivity contribution in [3.63, 3.8) is 0 Å². The molecule has 2 atom stereocenters. The van der Waals surface area contributed by atoms with Crippen LogP contribution in [0.4, 0.5) is 5.69 Å². The van der Waals surface area contributed by atoms with E-state index in [1.165, 1.54) is 54.1 Å². The Labute approximate surface area is 253 Å². The summed E-state index contributed by atoms with van der Waals surface area (Å²) in [4.78, 5) is 55.4. The van der Waals surface area contributed by atoms with Crippen LogP contribution >= 0.6 is 27.7 Å². The number of nitrogens with zero attached hydrogens (tertiary/aromatic N) is 3. The number of thioether (sulfide) groups is 1. The number of carbonyl (C=O) groups excluding carboxylic acids is 3. The number of carbonyl (C=O) groups is 3. The van der Waals surface area contributed by atoms with Crippen LogP contribution < -0.4 is 0 Å². The first-order chi connectivity index (χ1) is 20.2. The maximum absolute atomic E-state index is 13.9. The average Bonchev–Trinajstić information content (AvgIpc) is 3.01. The number of fused-ring (bicyclic) bond motifs is 1. The molecule has 2 heterocycles. The number of β-lactam (4-membered cyclic amide) rings is 1. The molecule has 1 unspecified atom stereocenters. The van der Waals surface area contributed by atoms with E-state index in [1.54, 1.807) is 0 Å². The summed E-state index contributed by atoms with van der Waals surface area (Å²) in [6.07, 6.45) is 0.700. The fourth-order valence-electron chi connectivity index (χ4n) is 4.57. The number of alkyl halides is 1. The van der Waals surface area contributed by atoms with Gasteiger partial charge in [0.1, 0.15) is 17.7 Å². The second kappa shape index (κ2) is 12.3. The SMILES string of the molecule is CC(=O)OCC1=C(C(=O)OC(c2ccccc2)c2ccccc2)N2C(=O)C(Br)(N=Cc3ccc([N+](=O)[O-])cc3)[C@H]2SC1. The van der Waals surface area contributed by atoms with Crippen LogP contribution in [0, 0.1) is 10.1 Å². The predicted molar refractivity (Wildman–Crippen MR) is 160 cm³/mol. The van der Waals surface area contributed by atoms with Crippen LogP contribution in [-0.2, 0) is 23.9 Å². The fourth-order valence-corrected chi connectivity index (χ4v) is 6.77. The summed E-state index contributed by atoms with van der Waals surface area (Å²) in [5.74, 6) is -1.47. The molecule has 0 radical (unpaired) electrons. The molecule has 12 heteroatoms. The fraction of sp³-hybridized carbons (Fsp3) is 0.200. The lowest BCUT2D eigenvalue weighted by atomic mass is 10.0. The van der Waals surface area contributed by atoms with Crippen molar-refractivity contribution in [1.29, 1.82) is 0 Å². The van der Waals surface area contributed by atoms with Crippen molar-refractivity contribution in [3.8, 4) is 0 Å². The quantitative estimate of drug-likeness (QED) is 0.0591. The second-order valence-corrected chi connectivity index (χ2v) is 11.7. The average molecular weight is 651 g/mol. The van der Waals surface area contributed by atoms with Gasteiger partial charge in [-0.15, -0.1) is 11.8 Å². The van der Waals surface area contributed by atoms with Gasteiger partial charge >= 0.3 is 11.9 Å². The molecule has 0 aliphatic carbocycles. The maximum atomic E-state index is 13.9. The van der Waals surface area contributed by atoms with Crippen molar-refractivity contribution in [1.82, 2.24) is 4.90 Å². The summed E-state index contributed by atoms with van der Waals surface area (Å²) < 4.78 is 9.92. The third-order valence-electron chi connectivity index (χ3n) is 6.65. The molecule has 0 bridgehead atoms. The molecule has 1 amide bonds. The van der Waals surface area contributed by atoms with E-state index in [0.717, 1.165) is 11.1 Å². The zero-order chi connectivity index (χ0) is 29.9. The van der Waals surface area contributed by atoms with Crippen LogP contribution in [0.25, 0.3) is 0 Å². The minimum absolute atomic E-state index is 0.0162.